The Hall–Kier alpha value is -2.18. The topological polar surface area (TPSA) is 80.5 Å². The van der Waals surface area contributed by atoms with Gasteiger partial charge in [-0.05, 0) is 18.4 Å². The van der Waals surface area contributed by atoms with Crippen LogP contribution in [0.25, 0.3) is 5.95 Å². The Morgan fingerprint density at radius 1 is 1.28 bits per heavy atom. The van der Waals surface area contributed by atoms with E-state index in [2.05, 4.69) is 37.6 Å². The Balaban J connectivity index is 1.91. The second-order valence-electron chi connectivity index (χ2n) is 4.45. The number of hydrogen-bond acceptors (Lipinski definition) is 6. The van der Waals surface area contributed by atoms with Crippen LogP contribution in [0.5, 0.6) is 0 Å². The highest BCUT2D eigenvalue weighted by Crippen LogP contribution is 2.31. The summed E-state index contributed by atoms with van der Waals surface area (Å²) in [5.74, 6) is 2.32. The number of nitrogens with one attached hydrogen (secondary N) is 2. The van der Waals surface area contributed by atoms with E-state index in [4.69, 9.17) is 0 Å². The van der Waals surface area contributed by atoms with E-state index in [0.717, 1.165) is 6.42 Å². The summed E-state index contributed by atoms with van der Waals surface area (Å²) in [6.45, 7) is 2.20. The summed E-state index contributed by atoms with van der Waals surface area (Å²) in [7, 11) is 1.78. The van der Waals surface area contributed by atoms with Crippen LogP contribution in [0, 0.1) is 5.92 Å². The van der Waals surface area contributed by atoms with Gasteiger partial charge in [-0.2, -0.15) is 20.1 Å². The molecule has 2 N–H and O–H groups in total. The zero-order chi connectivity index (χ0) is 12.5. The Bertz CT molecular complexity index is 536. The van der Waals surface area contributed by atoms with Crippen LogP contribution in [0.4, 0.5) is 11.9 Å². The number of nitrogens with zero attached hydrogens (tertiary/aromatic N) is 5. The van der Waals surface area contributed by atoms with E-state index in [1.807, 2.05) is 6.07 Å². The van der Waals surface area contributed by atoms with Crippen molar-refractivity contribution in [2.24, 2.45) is 5.92 Å². The third-order valence-electron chi connectivity index (χ3n) is 2.98. The molecule has 18 heavy (non-hydrogen) atoms. The van der Waals surface area contributed by atoms with Crippen LogP contribution >= 0.6 is 0 Å². The van der Waals surface area contributed by atoms with Crippen molar-refractivity contribution < 1.29 is 0 Å². The maximum absolute atomic E-state index is 4.37. The van der Waals surface area contributed by atoms with Crippen LogP contribution in [-0.2, 0) is 0 Å². The smallest absolute Gasteiger partial charge is 0.257 e. The average Bonchev–Trinajstić information content (AvgIpc) is 2.86. The van der Waals surface area contributed by atoms with E-state index in [-0.39, 0.29) is 0 Å². The molecule has 7 nitrogen and oxygen atoms in total. The summed E-state index contributed by atoms with van der Waals surface area (Å²) < 4.78 is 1.62. The molecule has 2 atom stereocenters. The van der Waals surface area contributed by atoms with Gasteiger partial charge in [0.15, 0.2) is 0 Å². The first-order valence-corrected chi connectivity index (χ1v) is 5.96. The van der Waals surface area contributed by atoms with Gasteiger partial charge in [0.25, 0.3) is 5.95 Å². The minimum atomic E-state index is 0.475. The second-order valence-corrected chi connectivity index (χ2v) is 4.45. The molecule has 2 heterocycles. The molecule has 0 amide bonds. The minimum Gasteiger partial charge on any atom is -0.357 e. The lowest BCUT2D eigenvalue weighted by atomic mass is 10.5. The fourth-order valence-electron chi connectivity index (χ4n) is 1.72. The lowest BCUT2D eigenvalue weighted by molar-refractivity contribution is 0.794. The molecule has 1 saturated carbocycles. The van der Waals surface area contributed by atoms with Gasteiger partial charge < -0.3 is 10.6 Å². The van der Waals surface area contributed by atoms with Gasteiger partial charge in [-0.25, -0.2) is 4.68 Å². The van der Waals surface area contributed by atoms with Gasteiger partial charge in [-0.1, -0.05) is 6.92 Å². The summed E-state index contributed by atoms with van der Waals surface area (Å²) >= 11 is 0. The van der Waals surface area contributed by atoms with Crippen LogP contribution in [-0.4, -0.2) is 37.8 Å². The lowest BCUT2D eigenvalue weighted by Gasteiger charge is -2.07. The minimum absolute atomic E-state index is 0.475. The van der Waals surface area contributed by atoms with Gasteiger partial charge in [0.2, 0.25) is 11.9 Å². The van der Waals surface area contributed by atoms with Crippen molar-refractivity contribution in [2.75, 3.05) is 17.7 Å². The molecule has 2 unspecified atom stereocenters. The molecule has 2 aromatic heterocycles. The van der Waals surface area contributed by atoms with Gasteiger partial charge in [0.05, 0.1) is 0 Å². The number of aromatic nitrogens is 5. The fraction of sp³-hybridized carbons (Fsp3) is 0.455. The number of hydrogen-bond donors (Lipinski definition) is 2. The third kappa shape index (κ3) is 2.11. The summed E-state index contributed by atoms with van der Waals surface area (Å²) in [5.41, 5.74) is 0. The van der Waals surface area contributed by atoms with E-state index in [0.29, 0.717) is 29.8 Å². The van der Waals surface area contributed by atoms with Gasteiger partial charge in [-0.15, -0.1) is 0 Å². The predicted octanol–water partition coefficient (Wildman–Crippen LogP) is 0.919. The van der Waals surface area contributed by atoms with Crippen molar-refractivity contribution in [2.45, 2.75) is 19.4 Å². The summed E-state index contributed by atoms with van der Waals surface area (Å²) in [6.07, 6.45) is 4.66. The van der Waals surface area contributed by atoms with Gasteiger partial charge in [0.1, 0.15) is 0 Å². The van der Waals surface area contributed by atoms with Crippen LogP contribution in [0.15, 0.2) is 18.5 Å². The standard InChI is InChI=1S/C11H15N7/c1-7-6-8(7)14-10-15-9(12-2)16-11(17-10)18-5-3-4-13-18/h3-5,7-8H,6H2,1-2H3,(H2,12,14,15,16,17). The molecule has 7 heteroatoms. The van der Waals surface area contributed by atoms with E-state index < -0.39 is 0 Å². The summed E-state index contributed by atoms with van der Waals surface area (Å²) in [6, 6.07) is 2.31. The highest BCUT2D eigenvalue weighted by Gasteiger charge is 2.33. The van der Waals surface area contributed by atoms with E-state index in [1.54, 1.807) is 24.1 Å². The number of anilines is 2. The van der Waals surface area contributed by atoms with Crippen molar-refractivity contribution >= 4 is 11.9 Å². The quantitative estimate of drug-likeness (QED) is 0.833. The molecule has 0 bridgehead atoms. The van der Waals surface area contributed by atoms with Crippen molar-refractivity contribution in [3.8, 4) is 5.95 Å². The zero-order valence-corrected chi connectivity index (χ0v) is 10.3. The van der Waals surface area contributed by atoms with E-state index in [1.165, 1.54) is 0 Å². The molecule has 1 fully saturated rings. The molecular weight excluding hydrogens is 230 g/mol. The van der Waals surface area contributed by atoms with Crippen LogP contribution in [0.3, 0.4) is 0 Å². The molecule has 1 aliphatic rings. The van der Waals surface area contributed by atoms with Gasteiger partial charge in [-0.3, -0.25) is 0 Å². The largest absolute Gasteiger partial charge is 0.357 e. The molecule has 94 valence electrons. The van der Waals surface area contributed by atoms with Crippen molar-refractivity contribution in [3.63, 3.8) is 0 Å². The second kappa shape index (κ2) is 4.25. The lowest BCUT2D eigenvalue weighted by Crippen LogP contribution is -2.13. The highest BCUT2D eigenvalue weighted by molar-refractivity contribution is 5.39. The molecule has 1 aliphatic carbocycles. The third-order valence-corrected chi connectivity index (χ3v) is 2.98. The molecule has 2 aromatic rings. The molecule has 0 aromatic carbocycles. The fourth-order valence-corrected chi connectivity index (χ4v) is 1.72. The molecule has 0 spiro atoms. The van der Waals surface area contributed by atoms with Crippen LogP contribution in [0.2, 0.25) is 0 Å². The van der Waals surface area contributed by atoms with Crippen molar-refractivity contribution in [1.82, 2.24) is 24.7 Å². The van der Waals surface area contributed by atoms with Crippen molar-refractivity contribution in [1.29, 1.82) is 0 Å². The van der Waals surface area contributed by atoms with E-state index >= 15 is 0 Å². The predicted molar refractivity (Wildman–Crippen MR) is 67.7 cm³/mol. The molecule has 3 rings (SSSR count). The Labute approximate surface area is 105 Å². The Morgan fingerprint density at radius 3 is 2.67 bits per heavy atom. The van der Waals surface area contributed by atoms with E-state index in [9.17, 15) is 0 Å². The first kappa shape index (κ1) is 10.9. The highest BCUT2D eigenvalue weighted by atomic mass is 15.4. The molecule has 0 radical (unpaired) electrons. The molecule has 0 aliphatic heterocycles. The SMILES string of the molecule is CNc1nc(NC2CC2C)nc(-n2cccn2)n1. The zero-order valence-electron chi connectivity index (χ0n) is 10.3. The maximum atomic E-state index is 4.37. The van der Waals surface area contributed by atoms with Crippen LogP contribution < -0.4 is 10.6 Å². The number of rotatable bonds is 4. The first-order chi connectivity index (χ1) is 8.76. The average molecular weight is 245 g/mol. The monoisotopic (exact) mass is 245 g/mol. The maximum Gasteiger partial charge on any atom is 0.257 e. The summed E-state index contributed by atoms with van der Waals surface area (Å²) in [4.78, 5) is 12.9. The normalized spacial score (nSPS) is 21.7. The first-order valence-electron chi connectivity index (χ1n) is 5.96. The Kier molecular flexibility index (Phi) is 2.58. The Morgan fingerprint density at radius 2 is 2.06 bits per heavy atom. The van der Waals surface area contributed by atoms with Crippen LogP contribution in [0.1, 0.15) is 13.3 Å². The molecule has 0 saturated heterocycles. The van der Waals surface area contributed by atoms with Gasteiger partial charge >= 0.3 is 0 Å². The van der Waals surface area contributed by atoms with Gasteiger partial charge in [0, 0.05) is 25.5 Å². The summed E-state index contributed by atoms with van der Waals surface area (Å²) in [5, 5.41) is 10.4. The molecular formula is C11H15N7. The van der Waals surface area contributed by atoms with Crippen molar-refractivity contribution in [3.05, 3.63) is 18.5 Å².